The third kappa shape index (κ3) is 3.69. The third-order valence-corrected chi connectivity index (χ3v) is 5.79. The Morgan fingerprint density at radius 2 is 2.11 bits per heavy atom. The highest BCUT2D eigenvalue weighted by Crippen LogP contribution is 2.24. The van der Waals surface area contributed by atoms with E-state index in [1.165, 1.54) is 31.4 Å². The monoisotopic (exact) mass is 372 g/mol. The van der Waals surface area contributed by atoms with Crippen LogP contribution in [-0.2, 0) is 6.54 Å². The van der Waals surface area contributed by atoms with E-state index in [0.29, 0.717) is 23.2 Å². The molecular formula is C20H25FN4O2. The molecule has 4 rings (SSSR count). The molecule has 0 unspecified atom stereocenters. The maximum absolute atomic E-state index is 13.3. The summed E-state index contributed by atoms with van der Waals surface area (Å²) in [5.74, 6) is -0.394. The smallest absolute Gasteiger partial charge is 0.317 e. The number of nitrogens with one attached hydrogen (secondary N) is 2. The molecule has 2 amide bonds. The maximum atomic E-state index is 13.3. The van der Waals surface area contributed by atoms with E-state index >= 15 is 0 Å². The summed E-state index contributed by atoms with van der Waals surface area (Å²) in [5, 5.41) is 3.57. The largest absolute Gasteiger partial charge is 0.334 e. The molecule has 0 radical (unpaired) electrons. The molecule has 144 valence electrons. The average Bonchev–Trinajstić information content (AvgIpc) is 2.60. The summed E-state index contributed by atoms with van der Waals surface area (Å²) in [6, 6.07) is 6.86. The van der Waals surface area contributed by atoms with Crippen molar-refractivity contribution in [2.24, 2.45) is 0 Å². The lowest BCUT2D eigenvalue weighted by Gasteiger charge is -2.49. The highest BCUT2D eigenvalue weighted by molar-refractivity contribution is 5.79. The fourth-order valence-corrected chi connectivity index (χ4v) is 4.13. The summed E-state index contributed by atoms with van der Waals surface area (Å²) < 4.78 is 13.3. The molecule has 2 aromatic rings. The van der Waals surface area contributed by atoms with Gasteiger partial charge in [0, 0.05) is 37.3 Å². The van der Waals surface area contributed by atoms with E-state index < -0.39 is 5.82 Å². The van der Waals surface area contributed by atoms with Crippen molar-refractivity contribution >= 4 is 16.9 Å². The molecule has 1 aromatic heterocycles. The van der Waals surface area contributed by atoms with Gasteiger partial charge in [-0.25, -0.2) is 9.18 Å². The first kappa shape index (κ1) is 18.0. The Balaban J connectivity index is 1.33. The van der Waals surface area contributed by atoms with E-state index in [1.807, 2.05) is 0 Å². The predicted molar refractivity (Wildman–Crippen MR) is 102 cm³/mol. The van der Waals surface area contributed by atoms with Crippen LogP contribution in [0, 0.1) is 5.82 Å². The zero-order valence-corrected chi connectivity index (χ0v) is 15.5. The lowest BCUT2D eigenvalue weighted by molar-refractivity contribution is 0.0169. The lowest BCUT2D eigenvalue weighted by Crippen LogP contribution is -2.65. The second kappa shape index (κ2) is 7.31. The minimum atomic E-state index is -0.394. The molecule has 27 heavy (non-hydrogen) atoms. The Morgan fingerprint density at radius 1 is 1.30 bits per heavy atom. The number of aromatic nitrogens is 1. The second-order valence-electron chi connectivity index (χ2n) is 7.66. The molecule has 0 spiro atoms. The van der Waals surface area contributed by atoms with Crippen LogP contribution in [-0.4, -0.2) is 52.5 Å². The number of halogens is 1. The number of piperidine rings is 1. The summed E-state index contributed by atoms with van der Waals surface area (Å²) in [6.45, 7) is 5.02. The molecule has 2 fully saturated rings. The normalized spacial score (nSPS) is 21.3. The Bertz CT molecular complexity index is 906. The number of benzene rings is 1. The Labute approximate surface area is 157 Å². The summed E-state index contributed by atoms with van der Waals surface area (Å²) in [4.78, 5) is 31.5. The molecule has 0 aliphatic carbocycles. The SMILES string of the molecule is C[C@H]1CCCCN1C1CN(C(=O)NCc2cc3ccc(F)cc3[nH]c2=O)C1. The second-order valence-corrected chi connectivity index (χ2v) is 7.66. The highest BCUT2D eigenvalue weighted by Gasteiger charge is 2.37. The molecule has 0 bridgehead atoms. The van der Waals surface area contributed by atoms with Crippen LogP contribution in [0.25, 0.3) is 10.9 Å². The van der Waals surface area contributed by atoms with Crippen LogP contribution < -0.4 is 10.9 Å². The molecule has 2 saturated heterocycles. The number of nitrogens with zero attached hydrogens (tertiary/aromatic N) is 2. The average molecular weight is 372 g/mol. The Kier molecular flexibility index (Phi) is 4.86. The number of likely N-dealkylation sites (tertiary alicyclic amines) is 2. The zero-order chi connectivity index (χ0) is 19.0. The van der Waals surface area contributed by atoms with Crippen LogP contribution in [0.15, 0.2) is 29.1 Å². The van der Waals surface area contributed by atoms with Crippen molar-refractivity contribution in [1.29, 1.82) is 0 Å². The van der Waals surface area contributed by atoms with E-state index in [4.69, 9.17) is 0 Å². The van der Waals surface area contributed by atoms with Crippen molar-refractivity contribution in [1.82, 2.24) is 20.1 Å². The quantitative estimate of drug-likeness (QED) is 0.870. The number of carbonyl (C=O) groups excluding carboxylic acids is 1. The van der Waals surface area contributed by atoms with E-state index in [-0.39, 0.29) is 18.1 Å². The number of pyridine rings is 1. The summed E-state index contributed by atoms with van der Waals surface area (Å²) >= 11 is 0. The van der Waals surface area contributed by atoms with Crippen LogP contribution in [0.4, 0.5) is 9.18 Å². The van der Waals surface area contributed by atoms with Crippen LogP contribution >= 0.6 is 0 Å². The first-order valence-electron chi connectivity index (χ1n) is 9.61. The Hall–Kier alpha value is -2.41. The number of urea groups is 1. The Morgan fingerprint density at radius 3 is 2.89 bits per heavy atom. The standard InChI is InChI=1S/C20H25FN4O2/c1-13-4-2-3-7-25(13)17-11-24(12-17)20(27)22-10-15-8-14-5-6-16(21)9-18(14)23-19(15)26/h5-6,8-9,13,17H,2-4,7,10-12H2,1H3,(H,22,27)(H,23,26)/t13-/m0/s1. The number of carbonyl (C=O) groups is 1. The van der Waals surface area contributed by atoms with Gasteiger partial charge in [0.2, 0.25) is 0 Å². The number of fused-ring (bicyclic) bond motifs is 1. The van der Waals surface area contributed by atoms with Crippen molar-refractivity contribution in [2.45, 2.75) is 44.8 Å². The molecule has 2 aliphatic rings. The van der Waals surface area contributed by atoms with Gasteiger partial charge >= 0.3 is 6.03 Å². The van der Waals surface area contributed by atoms with Crippen molar-refractivity contribution in [2.75, 3.05) is 19.6 Å². The number of amides is 2. The molecular weight excluding hydrogens is 347 g/mol. The van der Waals surface area contributed by atoms with Gasteiger partial charge in [-0.2, -0.15) is 0 Å². The summed E-state index contributed by atoms with van der Waals surface area (Å²) in [5.41, 5.74) is 0.609. The molecule has 6 nitrogen and oxygen atoms in total. The van der Waals surface area contributed by atoms with E-state index in [1.54, 1.807) is 17.0 Å². The number of rotatable bonds is 3. The summed E-state index contributed by atoms with van der Waals surface area (Å²) in [7, 11) is 0. The van der Waals surface area contributed by atoms with Gasteiger partial charge in [0.25, 0.3) is 5.56 Å². The van der Waals surface area contributed by atoms with E-state index in [9.17, 15) is 14.0 Å². The van der Waals surface area contributed by atoms with Gasteiger partial charge in [0.05, 0.1) is 5.52 Å². The first-order chi connectivity index (χ1) is 13.0. The number of hydrogen-bond acceptors (Lipinski definition) is 3. The maximum Gasteiger partial charge on any atom is 0.317 e. The predicted octanol–water partition coefficient (Wildman–Crippen LogP) is 2.44. The van der Waals surface area contributed by atoms with Crippen LogP contribution in [0.1, 0.15) is 31.7 Å². The fraction of sp³-hybridized carbons (Fsp3) is 0.500. The van der Waals surface area contributed by atoms with E-state index in [0.717, 1.165) is 25.0 Å². The lowest BCUT2D eigenvalue weighted by atomic mass is 9.98. The summed E-state index contributed by atoms with van der Waals surface area (Å²) in [6.07, 6.45) is 3.76. The van der Waals surface area contributed by atoms with Crippen molar-refractivity contribution < 1.29 is 9.18 Å². The number of aromatic amines is 1. The first-order valence-corrected chi connectivity index (χ1v) is 9.61. The van der Waals surface area contributed by atoms with Gasteiger partial charge in [0.1, 0.15) is 5.82 Å². The van der Waals surface area contributed by atoms with Gasteiger partial charge in [0.15, 0.2) is 0 Å². The van der Waals surface area contributed by atoms with E-state index in [2.05, 4.69) is 22.1 Å². The van der Waals surface area contributed by atoms with Crippen molar-refractivity contribution in [3.05, 3.63) is 46.0 Å². The minimum absolute atomic E-state index is 0.144. The minimum Gasteiger partial charge on any atom is -0.334 e. The zero-order valence-electron chi connectivity index (χ0n) is 15.5. The molecule has 1 atom stereocenters. The molecule has 2 aliphatic heterocycles. The van der Waals surface area contributed by atoms with Gasteiger partial charge < -0.3 is 15.2 Å². The van der Waals surface area contributed by atoms with Crippen molar-refractivity contribution in [3.8, 4) is 0 Å². The van der Waals surface area contributed by atoms with Crippen LogP contribution in [0.2, 0.25) is 0 Å². The molecule has 0 saturated carbocycles. The molecule has 2 N–H and O–H groups in total. The van der Waals surface area contributed by atoms with Crippen LogP contribution in [0.5, 0.6) is 0 Å². The highest BCUT2D eigenvalue weighted by atomic mass is 19.1. The third-order valence-electron chi connectivity index (χ3n) is 5.79. The van der Waals surface area contributed by atoms with Gasteiger partial charge in [-0.3, -0.25) is 9.69 Å². The topological polar surface area (TPSA) is 68.4 Å². The van der Waals surface area contributed by atoms with Crippen molar-refractivity contribution in [3.63, 3.8) is 0 Å². The molecule has 3 heterocycles. The van der Waals surface area contributed by atoms with Gasteiger partial charge in [-0.05, 0) is 56.0 Å². The molecule has 7 heteroatoms. The van der Waals surface area contributed by atoms with Crippen LogP contribution in [0.3, 0.4) is 0 Å². The number of hydrogen-bond donors (Lipinski definition) is 2. The number of H-pyrrole nitrogens is 1. The molecule has 1 aromatic carbocycles. The van der Waals surface area contributed by atoms with Gasteiger partial charge in [-0.15, -0.1) is 0 Å². The fourth-order valence-electron chi connectivity index (χ4n) is 4.13. The van der Waals surface area contributed by atoms with Gasteiger partial charge in [-0.1, -0.05) is 6.42 Å².